The lowest BCUT2D eigenvalue weighted by Crippen LogP contribution is -2.42. The van der Waals surface area contributed by atoms with E-state index in [4.69, 9.17) is 0 Å². The summed E-state index contributed by atoms with van der Waals surface area (Å²) in [5, 5.41) is 11.9. The Hall–Kier alpha value is -1.61. The van der Waals surface area contributed by atoms with Crippen LogP contribution in [0.5, 0.6) is 0 Å². The van der Waals surface area contributed by atoms with Gasteiger partial charge in [0.25, 0.3) is 0 Å². The molecule has 0 bridgehead atoms. The van der Waals surface area contributed by atoms with Gasteiger partial charge in [0.1, 0.15) is 5.82 Å². The maximum absolute atomic E-state index is 9.53. The Bertz CT molecular complexity index is 536. The quantitative estimate of drug-likeness (QED) is 0.879. The van der Waals surface area contributed by atoms with E-state index in [1.165, 1.54) is 23.6 Å². The third kappa shape index (κ3) is 1.95. The second-order valence-corrected chi connectivity index (χ2v) is 4.88. The fraction of sp³-hybridized carbons (Fsp3) is 0.400. The average molecular weight is 242 g/mol. The number of nitrogens with zero attached hydrogens (tertiary/aromatic N) is 2. The SMILES string of the molecule is OCC1CCCCN1c1nccc2ccccc12. The van der Waals surface area contributed by atoms with E-state index in [0.29, 0.717) is 0 Å². The number of anilines is 1. The van der Waals surface area contributed by atoms with Crippen LogP contribution < -0.4 is 4.90 Å². The Morgan fingerprint density at radius 3 is 3.00 bits per heavy atom. The third-order valence-corrected chi connectivity index (χ3v) is 3.76. The molecule has 2 heterocycles. The summed E-state index contributed by atoms with van der Waals surface area (Å²) in [6.45, 7) is 1.21. The van der Waals surface area contributed by atoms with Gasteiger partial charge in [0.15, 0.2) is 0 Å². The van der Waals surface area contributed by atoms with Crippen LogP contribution in [0.4, 0.5) is 5.82 Å². The van der Waals surface area contributed by atoms with Crippen LogP contribution in [-0.2, 0) is 0 Å². The predicted octanol–water partition coefficient (Wildman–Crippen LogP) is 2.59. The van der Waals surface area contributed by atoms with Gasteiger partial charge in [-0.1, -0.05) is 24.3 Å². The van der Waals surface area contributed by atoms with Crippen molar-refractivity contribution in [2.24, 2.45) is 0 Å². The van der Waals surface area contributed by atoms with Crippen LogP contribution in [0.15, 0.2) is 36.5 Å². The molecule has 94 valence electrons. The van der Waals surface area contributed by atoms with Gasteiger partial charge in [0.05, 0.1) is 12.6 Å². The highest BCUT2D eigenvalue weighted by Crippen LogP contribution is 2.29. The molecule has 0 amide bonds. The van der Waals surface area contributed by atoms with E-state index in [1.807, 2.05) is 24.4 Å². The molecule has 0 spiro atoms. The normalized spacial score (nSPS) is 20.3. The number of hydrogen-bond acceptors (Lipinski definition) is 3. The molecule has 1 aromatic carbocycles. The van der Waals surface area contributed by atoms with Gasteiger partial charge in [0, 0.05) is 18.1 Å². The van der Waals surface area contributed by atoms with Gasteiger partial charge >= 0.3 is 0 Å². The molecular weight excluding hydrogens is 224 g/mol. The van der Waals surface area contributed by atoms with Gasteiger partial charge < -0.3 is 10.0 Å². The van der Waals surface area contributed by atoms with Crippen molar-refractivity contribution >= 4 is 16.6 Å². The maximum atomic E-state index is 9.53. The molecule has 0 aliphatic carbocycles. The minimum Gasteiger partial charge on any atom is -0.394 e. The standard InChI is InChI=1S/C15H18N2O/c18-11-13-6-3-4-10-17(13)15-14-7-2-1-5-12(14)8-9-16-15/h1-2,5,7-9,13,18H,3-4,6,10-11H2. The van der Waals surface area contributed by atoms with Crippen LogP contribution in [0, 0.1) is 0 Å². The van der Waals surface area contributed by atoms with Crippen molar-refractivity contribution in [3.63, 3.8) is 0 Å². The van der Waals surface area contributed by atoms with Crippen LogP contribution in [0.3, 0.4) is 0 Å². The number of fused-ring (bicyclic) bond motifs is 1. The van der Waals surface area contributed by atoms with E-state index in [0.717, 1.165) is 18.8 Å². The highest BCUT2D eigenvalue weighted by atomic mass is 16.3. The zero-order valence-electron chi connectivity index (χ0n) is 10.4. The number of rotatable bonds is 2. The summed E-state index contributed by atoms with van der Waals surface area (Å²) in [7, 11) is 0. The first kappa shape index (κ1) is 11.5. The van der Waals surface area contributed by atoms with Gasteiger partial charge in [-0.3, -0.25) is 0 Å². The third-order valence-electron chi connectivity index (χ3n) is 3.76. The number of benzene rings is 1. The summed E-state index contributed by atoms with van der Waals surface area (Å²) in [4.78, 5) is 6.81. The molecule has 2 aromatic rings. The Morgan fingerprint density at radius 2 is 2.11 bits per heavy atom. The van der Waals surface area contributed by atoms with E-state index in [9.17, 15) is 5.11 Å². The van der Waals surface area contributed by atoms with Crippen molar-refractivity contribution in [3.8, 4) is 0 Å². The summed E-state index contributed by atoms with van der Waals surface area (Å²) < 4.78 is 0. The molecule has 3 rings (SSSR count). The summed E-state index contributed by atoms with van der Waals surface area (Å²) in [6, 6.07) is 10.6. The van der Waals surface area contributed by atoms with Crippen molar-refractivity contribution in [2.45, 2.75) is 25.3 Å². The van der Waals surface area contributed by atoms with Gasteiger partial charge in [-0.05, 0) is 30.7 Å². The molecule has 1 unspecified atom stereocenters. The van der Waals surface area contributed by atoms with E-state index in [-0.39, 0.29) is 12.6 Å². The lowest BCUT2D eigenvalue weighted by Gasteiger charge is -2.36. The van der Waals surface area contributed by atoms with Crippen molar-refractivity contribution < 1.29 is 5.11 Å². The molecule has 1 aromatic heterocycles. The van der Waals surface area contributed by atoms with Crippen LogP contribution >= 0.6 is 0 Å². The Balaban J connectivity index is 2.07. The Labute approximate surface area is 107 Å². The van der Waals surface area contributed by atoms with Crippen molar-refractivity contribution in [1.29, 1.82) is 0 Å². The number of hydrogen-bond donors (Lipinski definition) is 1. The summed E-state index contributed by atoms with van der Waals surface area (Å²) in [6.07, 6.45) is 5.30. The first-order valence-electron chi connectivity index (χ1n) is 6.61. The zero-order valence-corrected chi connectivity index (χ0v) is 10.4. The van der Waals surface area contributed by atoms with Crippen LogP contribution in [0.2, 0.25) is 0 Å². The molecule has 1 aliphatic heterocycles. The minimum absolute atomic E-state index is 0.213. The van der Waals surface area contributed by atoms with Gasteiger partial charge in [0.2, 0.25) is 0 Å². The van der Waals surface area contributed by atoms with Gasteiger partial charge in [-0.15, -0.1) is 0 Å². The predicted molar refractivity (Wildman–Crippen MR) is 73.8 cm³/mol. The lowest BCUT2D eigenvalue weighted by atomic mass is 10.0. The fourth-order valence-corrected chi connectivity index (χ4v) is 2.80. The number of pyridine rings is 1. The largest absolute Gasteiger partial charge is 0.394 e. The second-order valence-electron chi connectivity index (χ2n) is 4.88. The smallest absolute Gasteiger partial charge is 0.136 e. The number of aromatic nitrogens is 1. The summed E-state index contributed by atoms with van der Waals surface area (Å²) in [5.74, 6) is 1.02. The molecule has 3 nitrogen and oxygen atoms in total. The molecule has 1 saturated heterocycles. The number of aliphatic hydroxyl groups is 1. The molecule has 18 heavy (non-hydrogen) atoms. The summed E-state index contributed by atoms with van der Waals surface area (Å²) >= 11 is 0. The number of aliphatic hydroxyl groups excluding tert-OH is 1. The minimum atomic E-state index is 0.213. The molecule has 1 atom stereocenters. The van der Waals surface area contributed by atoms with E-state index < -0.39 is 0 Å². The monoisotopic (exact) mass is 242 g/mol. The molecule has 0 radical (unpaired) electrons. The van der Waals surface area contributed by atoms with Crippen molar-refractivity contribution in [1.82, 2.24) is 4.98 Å². The van der Waals surface area contributed by atoms with Gasteiger partial charge in [-0.25, -0.2) is 4.98 Å². The highest BCUT2D eigenvalue weighted by molar-refractivity contribution is 5.92. The fourth-order valence-electron chi connectivity index (χ4n) is 2.80. The molecule has 1 fully saturated rings. The van der Waals surface area contributed by atoms with Crippen LogP contribution in [0.1, 0.15) is 19.3 Å². The zero-order chi connectivity index (χ0) is 12.4. The van der Waals surface area contributed by atoms with Crippen molar-refractivity contribution in [3.05, 3.63) is 36.5 Å². The Kier molecular flexibility index (Phi) is 3.15. The first-order valence-corrected chi connectivity index (χ1v) is 6.61. The number of piperidine rings is 1. The maximum Gasteiger partial charge on any atom is 0.136 e. The molecule has 1 aliphatic rings. The Morgan fingerprint density at radius 1 is 1.22 bits per heavy atom. The first-order chi connectivity index (χ1) is 8.90. The second kappa shape index (κ2) is 4.94. The molecule has 1 N–H and O–H groups in total. The average Bonchev–Trinajstić information content (AvgIpc) is 2.46. The summed E-state index contributed by atoms with van der Waals surface area (Å²) in [5.41, 5.74) is 0. The van der Waals surface area contributed by atoms with E-state index >= 15 is 0 Å². The van der Waals surface area contributed by atoms with Crippen LogP contribution in [0.25, 0.3) is 10.8 Å². The van der Waals surface area contributed by atoms with Crippen molar-refractivity contribution in [2.75, 3.05) is 18.1 Å². The molecule has 3 heteroatoms. The molecule has 0 saturated carbocycles. The van der Waals surface area contributed by atoms with Crippen LogP contribution in [-0.4, -0.2) is 29.3 Å². The molecular formula is C15H18N2O. The highest BCUT2D eigenvalue weighted by Gasteiger charge is 2.23. The lowest BCUT2D eigenvalue weighted by molar-refractivity contribution is 0.239. The van der Waals surface area contributed by atoms with E-state index in [2.05, 4.69) is 22.0 Å². The topological polar surface area (TPSA) is 36.4 Å². The van der Waals surface area contributed by atoms with E-state index in [1.54, 1.807) is 0 Å². The van der Waals surface area contributed by atoms with Gasteiger partial charge in [-0.2, -0.15) is 0 Å².